The first-order valence-electron chi connectivity index (χ1n) is 8.26. The van der Waals surface area contributed by atoms with Crippen LogP contribution in [0.4, 0.5) is 5.69 Å². The first-order valence-corrected chi connectivity index (χ1v) is 12.4. The van der Waals surface area contributed by atoms with Gasteiger partial charge in [-0.15, -0.1) is 11.3 Å². The van der Waals surface area contributed by atoms with Crippen LogP contribution < -0.4 is 4.72 Å². The summed E-state index contributed by atoms with van der Waals surface area (Å²) in [5.41, 5.74) is -0.0254. The van der Waals surface area contributed by atoms with E-state index in [4.69, 9.17) is 16.7 Å². The van der Waals surface area contributed by atoms with Crippen LogP contribution in [0.2, 0.25) is 5.02 Å². The van der Waals surface area contributed by atoms with Crippen molar-refractivity contribution in [2.75, 3.05) is 17.8 Å². The number of hydrogen-bond donors (Lipinski definition) is 2. The standard InChI is InChI=1S/C16H17ClN2O6S3/c17-12-5-4-11(10-14(12)28(24,25)19-7-2-1-3-8-19)18-27(22,23)13-6-9-26-15(13)16(20)21/h4-6,9-10,18H,1-3,7-8H2,(H,20,21). The molecule has 0 amide bonds. The summed E-state index contributed by atoms with van der Waals surface area (Å²) in [6, 6.07) is 4.94. The number of nitrogens with zero attached hydrogens (tertiary/aromatic N) is 1. The number of nitrogens with one attached hydrogen (secondary N) is 1. The molecule has 0 saturated carbocycles. The Kier molecular flexibility index (Phi) is 6.01. The van der Waals surface area contributed by atoms with E-state index >= 15 is 0 Å². The Morgan fingerprint density at radius 2 is 1.75 bits per heavy atom. The number of sulfonamides is 2. The summed E-state index contributed by atoms with van der Waals surface area (Å²) in [4.78, 5) is 10.3. The van der Waals surface area contributed by atoms with Gasteiger partial charge in [-0.3, -0.25) is 4.72 Å². The van der Waals surface area contributed by atoms with Crippen LogP contribution >= 0.6 is 22.9 Å². The lowest BCUT2D eigenvalue weighted by Crippen LogP contribution is -2.35. The fraction of sp³-hybridized carbons (Fsp3) is 0.312. The number of aromatic carboxylic acids is 1. The van der Waals surface area contributed by atoms with Gasteiger partial charge in [0.1, 0.15) is 14.7 Å². The van der Waals surface area contributed by atoms with Crippen LogP contribution in [0.5, 0.6) is 0 Å². The molecule has 1 aromatic heterocycles. The molecule has 152 valence electrons. The van der Waals surface area contributed by atoms with Crippen molar-refractivity contribution in [3.8, 4) is 0 Å². The molecule has 1 aliphatic rings. The Labute approximate surface area is 171 Å². The highest BCUT2D eigenvalue weighted by molar-refractivity contribution is 7.93. The maximum atomic E-state index is 12.9. The van der Waals surface area contributed by atoms with E-state index in [-0.39, 0.29) is 25.4 Å². The molecule has 2 aromatic rings. The van der Waals surface area contributed by atoms with Gasteiger partial charge in [0.15, 0.2) is 0 Å². The van der Waals surface area contributed by atoms with Crippen LogP contribution in [-0.4, -0.2) is 45.3 Å². The van der Waals surface area contributed by atoms with E-state index in [9.17, 15) is 21.6 Å². The third-order valence-electron chi connectivity index (χ3n) is 4.23. The van der Waals surface area contributed by atoms with Gasteiger partial charge in [-0.25, -0.2) is 21.6 Å². The van der Waals surface area contributed by atoms with Crippen LogP contribution in [0, 0.1) is 0 Å². The lowest BCUT2D eigenvalue weighted by atomic mass is 10.2. The minimum atomic E-state index is -4.22. The summed E-state index contributed by atoms with van der Waals surface area (Å²) in [7, 11) is -8.09. The van der Waals surface area contributed by atoms with Crippen LogP contribution in [0.1, 0.15) is 28.9 Å². The molecule has 1 aliphatic heterocycles. The van der Waals surface area contributed by atoms with E-state index in [2.05, 4.69) is 4.72 Å². The SMILES string of the molecule is O=C(O)c1sccc1S(=O)(=O)Nc1ccc(Cl)c(S(=O)(=O)N2CCCCC2)c1. The Morgan fingerprint density at radius 1 is 1.07 bits per heavy atom. The van der Waals surface area contributed by atoms with Crippen LogP contribution in [-0.2, 0) is 20.0 Å². The van der Waals surface area contributed by atoms with Gasteiger partial charge in [0, 0.05) is 13.1 Å². The van der Waals surface area contributed by atoms with E-state index in [0.717, 1.165) is 36.7 Å². The molecule has 2 N–H and O–H groups in total. The average molecular weight is 465 g/mol. The molecule has 1 fully saturated rings. The number of anilines is 1. The van der Waals surface area contributed by atoms with Crippen LogP contribution in [0.25, 0.3) is 0 Å². The van der Waals surface area contributed by atoms with Crippen molar-refractivity contribution in [1.82, 2.24) is 4.31 Å². The summed E-state index contributed by atoms with van der Waals surface area (Å²) in [5, 5.41) is 10.5. The quantitative estimate of drug-likeness (QED) is 0.677. The van der Waals surface area contributed by atoms with E-state index < -0.39 is 26.0 Å². The van der Waals surface area contributed by atoms with Gasteiger partial charge >= 0.3 is 5.97 Å². The molecule has 2 heterocycles. The van der Waals surface area contributed by atoms with Gasteiger partial charge in [-0.05, 0) is 42.5 Å². The van der Waals surface area contributed by atoms with Crippen LogP contribution in [0.15, 0.2) is 39.4 Å². The second-order valence-electron chi connectivity index (χ2n) is 6.13. The number of halogens is 1. The van der Waals surface area contributed by atoms with Gasteiger partial charge in [-0.2, -0.15) is 4.31 Å². The van der Waals surface area contributed by atoms with Crippen molar-refractivity contribution in [1.29, 1.82) is 0 Å². The van der Waals surface area contributed by atoms with Crippen molar-refractivity contribution in [3.63, 3.8) is 0 Å². The lowest BCUT2D eigenvalue weighted by Gasteiger charge is -2.26. The highest BCUT2D eigenvalue weighted by Crippen LogP contribution is 2.31. The van der Waals surface area contributed by atoms with Crippen molar-refractivity contribution in [2.24, 2.45) is 0 Å². The Hall–Kier alpha value is -1.66. The number of hydrogen-bond acceptors (Lipinski definition) is 6. The summed E-state index contributed by atoms with van der Waals surface area (Å²) in [5.74, 6) is -1.36. The summed E-state index contributed by atoms with van der Waals surface area (Å²) in [6.07, 6.45) is 2.45. The van der Waals surface area contributed by atoms with E-state index in [0.29, 0.717) is 13.1 Å². The third-order valence-corrected chi connectivity index (χ3v) is 9.06. The highest BCUT2D eigenvalue weighted by atomic mass is 35.5. The van der Waals surface area contributed by atoms with Crippen molar-refractivity contribution in [3.05, 3.63) is 39.5 Å². The minimum absolute atomic E-state index is 0.0183. The molecular weight excluding hydrogens is 448 g/mol. The third kappa shape index (κ3) is 4.18. The Bertz CT molecular complexity index is 1110. The molecule has 0 aliphatic carbocycles. The number of rotatable bonds is 6. The number of thiophene rings is 1. The van der Waals surface area contributed by atoms with Crippen molar-refractivity contribution < 1.29 is 26.7 Å². The second-order valence-corrected chi connectivity index (χ2v) is 11.0. The average Bonchev–Trinajstić information content (AvgIpc) is 3.15. The first kappa shape index (κ1) is 21.1. The smallest absolute Gasteiger partial charge is 0.347 e. The van der Waals surface area contributed by atoms with E-state index in [1.54, 1.807) is 0 Å². The highest BCUT2D eigenvalue weighted by Gasteiger charge is 2.29. The molecule has 0 unspecified atom stereocenters. The molecule has 0 spiro atoms. The zero-order chi connectivity index (χ0) is 20.5. The maximum absolute atomic E-state index is 12.9. The first-order chi connectivity index (χ1) is 13.1. The number of piperidine rings is 1. The van der Waals surface area contributed by atoms with Crippen LogP contribution in [0.3, 0.4) is 0 Å². The number of carbonyl (C=O) groups is 1. The largest absolute Gasteiger partial charge is 0.477 e. The topological polar surface area (TPSA) is 121 Å². The predicted molar refractivity (Wildman–Crippen MR) is 106 cm³/mol. The summed E-state index contributed by atoms with van der Waals surface area (Å²) < 4.78 is 54.5. The van der Waals surface area contributed by atoms with Gasteiger partial charge in [0.25, 0.3) is 10.0 Å². The summed E-state index contributed by atoms with van der Waals surface area (Å²) >= 11 is 6.86. The van der Waals surface area contributed by atoms with Gasteiger partial charge in [0.05, 0.1) is 10.7 Å². The zero-order valence-electron chi connectivity index (χ0n) is 14.5. The molecule has 1 aromatic carbocycles. The fourth-order valence-electron chi connectivity index (χ4n) is 2.88. The molecule has 28 heavy (non-hydrogen) atoms. The van der Waals surface area contributed by atoms with Gasteiger partial charge in [0.2, 0.25) is 10.0 Å². The Morgan fingerprint density at radius 3 is 2.39 bits per heavy atom. The fourth-order valence-corrected chi connectivity index (χ4v) is 7.21. The molecule has 0 bridgehead atoms. The molecule has 0 atom stereocenters. The van der Waals surface area contributed by atoms with Gasteiger partial charge < -0.3 is 5.11 Å². The molecule has 1 saturated heterocycles. The predicted octanol–water partition coefficient (Wildman–Crippen LogP) is 3.08. The van der Waals surface area contributed by atoms with Crippen molar-refractivity contribution in [2.45, 2.75) is 29.1 Å². The van der Waals surface area contributed by atoms with Gasteiger partial charge in [-0.1, -0.05) is 18.0 Å². The zero-order valence-corrected chi connectivity index (χ0v) is 17.7. The van der Waals surface area contributed by atoms with Crippen molar-refractivity contribution >= 4 is 54.6 Å². The molecule has 3 rings (SSSR count). The van der Waals surface area contributed by atoms with E-state index in [1.165, 1.54) is 27.9 Å². The monoisotopic (exact) mass is 464 g/mol. The molecule has 8 nitrogen and oxygen atoms in total. The molecule has 12 heteroatoms. The summed E-state index contributed by atoms with van der Waals surface area (Å²) in [6.45, 7) is 0.761. The second kappa shape index (κ2) is 7.99. The maximum Gasteiger partial charge on any atom is 0.347 e. The lowest BCUT2D eigenvalue weighted by molar-refractivity contribution is 0.0698. The molecular formula is C16H17ClN2O6S3. The number of benzene rings is 1. The number of carboxylic acids is 1. The molecule has 0 radical (unpaired) electrons. The number of carboxylic acid groups (broad SMARTS) is 1. The van der Waals surface area contributed by atoms with E-state index in [1.807, 2.05) is 0 Å². The Balaban J connectivity index is 1.95. The normalized spacial score (nSPS) is 16.0. The minimum Gasteiger partial charge on any atom is -0.477 e.